The van der Waals surface area contributed by atoms with E-state index in [1.807, 2.05) is 24.5 Å². The molecule has 9 heteroatoms. The zero-order chi connectivity index (χ0) is 21.4. The second-order valence-corrected chi connectivity index (χ2v) is 8.45. The van der Waals surface area contributed by atoms with E-state index in [9.17, 15) is 0 Å². The van der Waals surface area contributed by atoms with Crippen molar-refractivity contribution in [2.45, 2.75) is 51.7 Å². The maximum absolute atomic E-state index is 6.17. The number of rotatable bonds is 6. The average molecular weight is 421 g/mol. The molecule has 1 fully saturated rings. The fourth-order valence-electron chi connectivity index (χ4n) is 4.12. The number of H-pyrrole nitrogens is 1. The van der Waals surface area contributed by atoms with Crippen molar-refractivity contribution in [1.82, 2.24) is 35.1 Å². The Balaban J connectivity index is 1.52. The number of nitrogens with one attached hydrogen (secondary N) is 3. The van der Waals surface area contributed by atoms with Crippen molar-refractivity contribution < 1.29 is 4.74 Å². The summed E-state index contributed by atoms with van der Waals surface area (Å²) < 4.78 is 7.94. The number of anilines is 1. The summed E-state index contributed by atoms with van der Waals surface area (Å²) in [5.41, 5.74) is 3.97. The van der Waals surface area contributed by atoms with Gasteiger partial charge in [0.05, 0.1) is 24.0 Å². The molecule has 0 spiro atoms. The molecule has 3 aromatic heterocycles. The molecule has 0 saturated carbocycles. The highest BCUT2D eigenvalue weighted by atomic mass is 16.5. The van der Waals surface area contributed by atoms with E-state index < -0.39 is 0 Å². The first-order valence-electron chi connectivity index (χ1n) is 10.9. The van der Waals surface area contributed by atoms with Crippen molar-refractivity contribution in [3.63, 3.8) is 0 Å². The van der Waals surface area contributed by atoms with E-state index in [1.54, 1.807) is 4.52 Å². The molecule has 0 radical (unpaired) electrons. The molecule has 1 aliphatic rings. The van der Waals surface area contributed by atoms with Gasteiger partial charge in [-0.1, -0.05) is 32.0 Å². The van der Waals surface area contributed by atoms with Crippen molar-refractivity contribution in [1.29, 1.82) is 0 Å². The van der Waals surface area contributed by atoms with E-state index in [1.165, 1.54) is 0 Å². The van der Waals surface area contributed by atoms with Crippen LogP contribution in [0.3, 0.4) is 0 Å². The van der Waals surface area contributed by atoms with Crippen LogP contribution in [0.5, 0.6) is 6.01 Å². The maximum atomic E-state index is 6.17. The number of aromatic amines is 1. The molecule has 4 heterocycles. The monoisotopic (exact) mass is 420 g/mol. The Kier molecular flexibility index (Phi) is 5.19. The Morgan fingerprint density at radius 1 is 1.16 bits per heavy atom. The van der Waals surface area contributed by atoms with Crippen LogP contribution in [0.1, 0.15) is 56.7 Å². The van der Waals surface area contributed by atoms with Gasteiger partial charge in [-0.2, -0.15) is 24.7 Å². The van der Waals surface area contributed by atoms with Crippen LogP contribution < -0.4 is 15.4 Å². The first kappa shape index (κ1) is 19.7. The van der Waals surface area contributed by atoms with Crippen LogP contribution in [-0.4, -0.2) is 49.0 Å². The summed E-state index contributed by atoms with van der Waals surface area (Å²) in [6, 6.07) is 6.53. The van der Waals surface area contributed by atoms with Gasteiger partial charge in [0.1, 0.15) is 6.10 Å². The van der Waals surface area contributed by atoms with Crippen molar-refractivity contribution in [3.05, 3.63) is 41.7 Å². The largest absolute Gasteiger partial charge is 0.459 e. The Morgan fingerprint density at radius 3 is 2.87 bits per heavy atom. The molecule has 5 rings (SSSR count). The molecule has 0 amide bonds. The van der Waals surface area contributed by atoms with Crippen LogP contribution in [-0.2, 0) is 0 Å². The van der Waals surface area contributed by atoms with E-state index in [4.69, 9.17) is 14.7 Å². The molecule has 1 saturated heterocycles. The van der Waals surface area contributed by atoms with E-state index >= 15 is 0 Å². The third-order valence-corrected chi connectivity index (χ3v) is 5.84. The second-order valence-electron chi connectivity index (χ2n) is 8.45. The average Bonchev–Trinajstić information content (AvgIpc) is 3.41. The number of piperidine rings is 1. The fourth-order valence-corrected chi connectivity index (χ4v) is 4.12. The quantitative estimate of drug-likeness (QED) is 0.439. The van der Waals surface area contributed by atoms with Crippen LogP contribution in [0, 0.1) is 0 Å². The number of benzene rings is 1. The molecular formula is C22H28N8O. The summed E-state index contributed by atoms with van der Waals surface area (Å²) >= 11 is 0. The lowest BCUT2D eigenvalue weighted by atomic mass is 10.1. The summed E-state index contributed by atoms with van der Waals surface area (Å²) in [4.78, 5) is 9.42. The molecule has 162 valence electrons. The predicted octanol–water partition coefficient (Wildman–Crippen LogP) is 3.43. The lowest BCUT2D eigenvalue weighted by Crippen LogP contribution is -2.37. The molecule has 0 bridgehead atoms. The first-order chi connectivity index (χ1) is 15.1. The number of ether oxygens (including phenoxy) is 1. The smallest absolute Gasteiger partial charge is 0.322 e. The molecular weight excluding hydrogens is 392 g/mol. The number of hydrogen-bond donors (Lipinski definition) is 3. The number of nitrogens with zero attached hydrogens (tertiary/aromatic N) is 5. The van der Waals surface area contributed by atoms with Gasteiger partial charge < -0.3 is 15.4 Å². The van der Waals surface area contributed by atoms with Gasteiger partial charge in [0, 0.05) is 17.5 Å². The molecule has 4 aromatic rings. The summed E-state index contributed by atoms with van der Waals surface area (Å²) in [5, 5.41) is 19.8. The third-order valence-electron chi connectivity index (χ3n) is 5.84. The molecule has 9 nitrogen and oxygen atoms in total. The zero-order valence-corrected chi connectivity index (χ0v) is 18.1. The highest BCUT2D eigenvalue weighted by Gasteiger charge is 2.21. The van der Waals surface area contributed by atoms with Gasteiger partial charge in [-0.3, -0.25) is 5.10 Å². The van der Waals surface area contributed by atoms with Crippen LogP contribution in [0.25, 0.3) is 16.6 Å². The van der Waals surface area contributed by atoms with Crippen molar-refractivity contribution >= 4 is 22.5 Å². The van der Waals surface area contributed by atoms with Crippen molar-refractivity contribution in [2.24, 2.45) is 0 Å². The molecule has 3 N–H and O–H groups in total. The van der Waals surface area contributed by atoms with E-state index in [2.05, 4.69) is 52.8 Å². The van der Waals surface area contributed by atoms with Gasteiger partial charge in [-0.25, -0.2) is 0 Å². The minimum absolute atomic E-state index is 0.0295. The maximum Gasteiger partial charge on any atom is 0.322 e. The van der Waals surface area contributed by atoms with Crippen molar-refractivity contribution in [2.75, 3.05) is 18.4 Å². The van der Waals surface area contributed by atoms with E-state index in [-0.39, 0.29) is 12.1 Å². The van der Waals surface area contributed by atoms with E-state index in [0.717, 1.165) is 53.6 Å². The lowest BCUT2D eigenvalue weighted by molar-refractivity contribution is 0.153. The minimum atomic E-state index is -0.0295. The summed E-state index contributed by atoms with van der Waals surface area (Å²) in [6.45, 7) is 8.22. The number of aromatic nitrogens is 6. The number of fused-ring (bicyclic) bond motifs is 2. The SMILES string of the molecule is CC(C)c1cnn2c(NC(C)c3cccc4cn[nH]c34)nc(OC3CCCNC3)nc12. The number of hydrogen-bond acceptors (Lipinski definition) is 7. The molecule has 31 heavy (non-hydrogen) atoms. The standard InChI is InChI=1S/C22H28N8O/c1-13(2)18-12-25-30-20(18)27-22(31-16-7-5-9-23-11-16)28-21(30)26-14(3)17-8-4-6-15-10-24-29-19(15)17/h4,6,8,10,12-14,16,23H,5,7,9,11H2,1-3H3,(H,24,29)(H,26,27,28). The van der Waals surface area contributed by atoms with Gasteiger partial charge in [-0.15, -0.1) is 0 Å². The first-order valence-corrected chi connectivity index (χ1v) is 10.9. The Morgan fingerprint density at radius 2 is 2.06 bits per heavy atom. The second kappa shape index (κ2) is 8.14. The fraction of sp³-hybridized carbons (Fsp3) is 0.455. The molecule has 1 aliphatic heterocycles. The molecule has 1 aromatic carbocycles. The minimum Gasteiger partial charge on any atom is -0.459 e. The van der Waals surface area contributed by atoms with Gasteiger partial charge in [0.2, 0.25) is 5.95 Å². The van der Waals surface area contributed by atoms with Crippen molar-refractivity contribution in [3.8, 4) is 6.01 Å². The van der Waals surface area contributed by atoms with Gasteiger partial charge >= 0.3 is 6.01 Å². The summed E-state index contributed by atoms with van der Waals surface area (Å²) in [6.07, 6.45) is 5.87. The summed E-state index contributed by atoms with van der Waals surface area (Å²) in [7, 11) is 0. The normalized spacial score (nSPS) is 18.0. The van der Waals surface area contributed by atoms with E-state index in [0.29, 0.717) is 17.9 Å². The predicted molar refractivity (Wildman–Crippen MR) is 120 cm³/mol. The van der Waals surface area contributed by atoms with Crippen LogP contribution in [0.4, 0.5) is 5.95 Å². The zero-order valence-electron chi connectivity index (χ0n) is 18.1. The Bertz CT molecular complexity index is 1190. The van der Waals surface area contributed by atoms with Gasteiger partial charge in [0.15, 0.2) is 5.65 Å². The lowest BCUT2D eigenvalue weighted by Gasteiger charge is -2.23. The molecule has 0 aliphatic carbocycles. The topological polar surface area (TPSA) is 105 Å². The third kappa shape index (κ3) is 3.81. The van der Waals surface area contributed by atoms with Crippen LogP contribution in [0.2, 0.25) is 0 Å². The Hall–Kier alpha value is -3.20. The van der Waals surface area contributed by atoms with Crippen LogP contribution >= 0.6 is 0 Å². The highest BCUT2D eigenvalue weighted by Crippen LogP contribution is 2.28. The molecule has 2 unspecified atom stereocenters. The highest BCUT2D eigenvalue weighted by molar-refractivity contribution is 5.81. The van der Waals surface area contributed by atoms with Gasteiger partial charge in [0.25, 0.3) is 0 Å². The molecule has 2 atom stereocenters. The van der Waals surface area contributed by atoms with Gasteiger partial charge in [-0.05, 0) is 37.8 Å². The van der Waals surface area contributed by atoms with Crippen LogP contribution in [0.15, 0.2) is 30.6 Å². The Labute approximate surface area is 180 Å². The number of para-hydroxylation sites is 1. The summed E-state index contributed by atoms with van der Waals surface area (Å²) in [5.74, 6) is 0.903.